The Morgan fingerprint density at radius 3 is 2.71 bits per heavy atom. The number of amidine groups is 1. The third-order valence-corrected chi connectivity index (χ3v) is 3.08. The van der Waals surface area contributed by atoms with E-state index in [1.165, 1.54) is 19.3 Å². The minimum absolute atomic E-state index is 0.392. The third-order valence-electron chi connectivity index (χ3n) is 3.08. The molecule has 0 spiro atoms. The smallest absolute Gasteiger partial charge is 0.125 e. The number of hydrogen-bond donors (Lipinski definition) is 1. The van der Waals surface area contributed by atoms with E-state index < -0.39 is 6.23 Å². The lowest BCUT2D eigenvalue weighted by molar-refractivity contribution is 0.0766. The van der Waals surface area contributed by atoms with E-state index in [-0.39, 0.29) is 0 Å². The largest absolute Gasteiger partial charge is 0.374 e. The molecule has 1 rings (SSSR count). The van der Waals surface area contributed by atoms with Gasteiger partial charge in [0.2, 0.25) is 0 Å². The molecular weight excluding hydrogens is 212 g/mol. The van der Waals surface area contributed by atoms with Crippen molar-refractivity contribution in [3.63, 3.8) is 0 Å². The van der Waals surface area contributed by atoms with Crippen LogP contribution < -0.4 is 0 Å². The summed E-state index contributed by atoms with van der Waals surface area (Å²) in [7, 11) is 0. The van der Waals surface area contributed by atoms with Gasteiger partial charge in [0.15, 0.2) is 0 Å². The van der Waals surface area contributed by atoms with Crippen LogP contribution >= 0.6 is 0 Å². The van der Waals surface area contributed by atoms with Crippen molar-refractivity contribution >= 4 is 5.84 Å². The highest BCUT2D eigenvalue weighted by molar-refractivity contribution is 5.83. The zero-order valence-electron chi connectivity index (χ0n) is 11.2. The number of aliphatic imine (C=N–C) groups is 1. The predicted octanol–water partition coefficient (Wildman–Crippen LogP) is 2.96. The maximum atomic E-state index is 9.55. The van der Waals surface area contributed by atoms with Gasteiger partial charge in [-0.15, -0.1) is 0 Å². The maximum absolute atomic E-state index is 9.55. The average molecular weight is 238 g/mol. The number of hydrogen-bond acceptors (Lipinski definition) is 3. The highest BCUT2D eigenvalue weighted by Crippen LogP contribution is 2.11. The molecule has 1 aliphatic heterocycles. The first-order valence-electron chi connectivity index (χ1n) is 6.88. The summed E-state index contributed by atoms with van der Waals surface area (Å²) in [5.74, 6) is 1.09. The van der Waals surface area contributed by atoms with E-state index >= 15 is 0 Å². The van der Waals surface area contributed by atoms with Crippen LogP contribution in [0.1, 0.15) is 52.4 Å². The van der Waals surface area contributed by atoms with Gasteiger partial charge in [-0.3, -0.25) is 4.99 Å². The Labute approximate surface area is 105 Å². The first-order chi connectivity index (χ1) is 8.25. The summed E-state index contributed by atoms with van der Waals surface area (Å²) >= 11 is 0. The number of aliphatic hydroxyl groups excluding tert-OH is 1. The molecule has 0 aromatic rings. The molecule has 1 atom stereocenters. The second-order valence-electron chi connectivity index (χ2n) is 4.63. The van der Waals surface area contributed by atoms with Crippen LogP contribution in [0.4, 0.5) is 0 Å². The Morgan fingerprint density at radius 1 is 1.35 bits per heavy atom. The van der Waals surface area contributed by atoms with Gasteiger partial charge < -0.3 is 10.0 Å². The van der Waals surface area contributed by atoms with Crippen LogP contribution in [-0.4, -0.2) is 35.2 Å². The van der Waals surface area contributed by atoms with E-state index in [1.807, 2.05) is 11.8 Å². The van der Waals surface area contributed by atoms with Gasteiger partial charge in [-0.25, -0.2) is 0 Å². The fourth-order valence-electron chi connectivity index (χ4n) is 2.07. The Balaban J connectivity index is 2.12. The summed E-state index contributed by atoms with van der Waals surface area (Å²) < 4.78 is 0. The van der Waals surface area contributed by atoms with Crippen molar-refractivity contribution in [1.29, 1.82) is 0 Å². The molecule has 0 fully saturated rings. The molecular formula is C14H26N2O. The van der Waals surface area contributed by atoms with E-state index in [0.717, 1.165) is 38.2 Å². The number of aliphatic hydroxyl groups is 1. The molecule has 17 heavy (non-hydrogen) atoms. The van der Waals surface area contributed by atoms with Crippen molar-refractivity contribution in [3.05, 3.63) is 12.2 Å². The van der Waals surface area contributed by atoms with Crippen LogP contribution in [0.25, 0.3) is 0 Å². The van der Waals surface area contributed by atoms with Crippen LogP contribution in [0.3, 0.4) is 0 Å². The lowest BCUT2D eigenvalue weighted by Crippen LogP contribution is -2.35. The van der Waals surface area contributed by atoms with E-state index in [2.05, 4.69) is 24.1 Å². The standard InChI is InChI=1S/C14H26N2O/c1-3-4-5-6-7-8-9-10-14-15-11-12-16(14)13(2)17/h6-7,13,17H,3-5,8-12H2,1-2H3/b7-6+. The minimum atomic E-state index is -0.392. The van der Waals surface area contributed by atoms with Gasteiger partial charge >= 0.3 is 0 Å². The summed E-state index contributed by atoms with van der Waals surface area (Å²) in [6.07, 6.45) is 11.2. The van der Waals surface area contributed by atoms with Gasteiger partial charge in [-0.05, 0) is 26.2 Å². The molecule has 0 saturated heterocycles. The second kappa shape index (κ2) is 8.29. The van der Waals surface area contributed by atoms with Gasteiger partial charge in [0.25, 0.3) is 0 Å². The molecule has 1 unspecified atom stereocenters. The molecule has 1 heterocycles. The van der Waals surface area contributed by atoms with E-state index in [0.29, 0.717) is 0 Å². The maximum Gasteiger partial charge on any atom is 0.125 e. The molecule has 0 aromatic carbocycles. The zero-order chi connectivity index (χ0) is 12.5. The van der Waals surface area contributed by atoms with Crippen molar-refractivity contribution in [2.45, 2.75) is 58.6 Å². The van der Waals surface area contributed by atoms with E-state index in [9.17, 15) is 5.11 Å². The van der Waals surface area contributed by atoms with Gasteiger partial charge in [0, 0.05) is 13.0 Å². The Bertz CT molecular complexity index is 259. The molecule has 98 valence electrons. The van der Waals surface area contributed by atoms with Gasteiger partial charge in [-0.2, -0.15) is 0 Å². The van der Waals surface area contributed by atoms with Crippen LogP contribution in [0.2, 0.25) is 0 Å². The van der Waals surface area contributed by atoms with Crippen molar-refractivity contribution in [2.24, 2.45) is 4.99 Å². The van der Waals surface area contributed by atoms with Crippen molar-refractivity contribution in [2.75, 3.05) is 13.1 Å². The summed E-state index contributed by atoms with van der Waals surface area (Å²) in [4.78, 5) is 6.44. The van der Waals surface area contributed by atoms with Gasteiger partial charge in [0.05, 0.1) is 6.54 Å². The minimum Gasteiger partial charge on any atom is -0.374 e. The van der Waals surface area contributed by atoms with E-state index in [4.69, 9.17) is 0 Å². The Kier molecular flexibility index (Phi) is 6.94. The van der Waals surface area contributed by atoms with Crippen LogP contribution in [0, 0.1) is 0 Å². The monoisotopic (exact) mass is 238 g/mol. The lowest BCUT2D eigenvalue weighted by atomic mass is 10.2. The zero-order valence-corrected chi connectivity index (χ0v) is 11.2. The predicted molar refractivity (Wildman–Crippen MR) is 73.2 cm³/mol. The average Bonchev–Trinajstić information content (AvgIpc) is 2.76. The number of allylic oxidation sites excluding steroid dienone is 2. The fourth-order valence-corrected chi connectivity index (χ4v) is 2.07. The quantitative estimate of drug-likeness (QED) is 0.521. The summed E-state index contributed by atoms with van der Waals surface area (Å²) in [5, 5.41) is 9.55. The number of unbranched alkanes of at least 4 members (excludes halogenated alkanes) is 3. The Morgan fingerprint density at radius 2 is 2.06 bits per heavy atom. The lowest BCUT2D eigenvalue weighted by Gasteiger charge is -2.23. The summed E-state index contributed by atoms with van der Waals surface area (Å²) in [5.41, 5.74) is 0. The number of nitrogens with zero attached hydrogens (tertiary/aromatic N) is 2. The highest BCUT2D eigenvalue weighted by Gasteiger charge is 2.19. The molecule has 3 nitrogen and oxygen atoms in total. The fraction of sp³-hybridized carbons (Fsp3) is 0.786. The molecule has 3 heteroatoms. The summed E-state index contributed by atoms with van der Waals surface area (Å²) in [6, 6.07) is 0. The third kappa shape index (κ3) is 5.35. The molecule has 0 amide bonds. The molecule has 1 N–H and O–H groups in total. The van der Waals surface area contributed by atoms with Crippen molar-refractivity contribution in [1.82, 2.24) is 4.90 Å². The molecule has 0 aromatic heterocycles. The SMILES string of the molecule is CCCC/C=C/CCCC1=NCCN1C(C)O. The first kappa shape index (κ1) is 14.2. The number of rotatable bonds is 8. The molecule has 0 bridgehead atoms. The topological polar surface area (TPSA) is 35.8 Å². The van der Waals surface area contributed by atoms with Crippen molar-refractivity contribution in [3.8, 4) is 0 Å². The molecule has 0 aliphatic carbocycles. The normalized spacial score (nSPS) is 17.8. The summed E-state index contributed by atoms with van der Waals surface area (Å²) in [6.45, 7) is 5.74. The van der Waals surface area contributed by atoms with E-state index in [1.54, 1.807) is 0 Å². The van der Waals surface area contributed by atoms with Crippen LogP contribution in [-0.2, 0) is 0 Å². The molecule has 1 aliphatic rings. The highest BCUT2D eigenvalue weighted by atomic mass is 16.3. The van der Waals surface area contributed by atoms with Crippen LogP contribution in [0.15, 0.2) is 17.1 Å². The molecule has 0 radical (unpaired) electrons. The van der Waals surface area contributed by atoms with Crippen LogP contribution in [0.5, 0.6) is 0 Å². The second-order valence-corrected chi connectivity index (χ2v) is 4.63. The first-order valence-corrected chi connectivity index (χ1v) is 6.88. The van der Waals surface area contributed by atoms with Gasteiger partial charge in [0.1, 0.15) is 12.1 Å². The van der Waals surface area contributed by atoms with Gasteiger partial charge in [-0.1, -0.05) is 31.9 Å². The molecule has 0 saturated carbocycles. The Hall–Kier alpha value is -0.830. The van der Waals surface area contributed by atoms with Crippen molar-refractivity contribution < 1.29 is 5.11 Å².